The van der Waals surface area contributed by atoms with Crippen LogP contribution in [0.5, 0.6) is 5.75 Å². The molecule has 0 saturated heterocycles. The number of hydrogen-bond acceptors (Lipinski definition) is 4. The smallest absolute Gasteiger partial charge is 0.119 e. The van der Waals surface area contributed by atoms with Gasteiger partial charge in [0.25, 0.3) is 0 Å². The van der Waals surface area contributed by atoms with Crippen LogP contribution in [0.25, 0.3) is 0 Å². The quantitative estimate of drug-likeness (QED) is 0.884. The maximum Gasteiger partial charge on any atom is 0.119 e. The summed E-state index contributed by atoms with van der Waals surface area (Å²) in [4.78, 5) is 0. The Hall–Kier alpha value is -2.04. The normalized spacial score (nSPS) is 11.4. The average Bonchev–Trinajstić information content (AvgIpc) is 2.93. The number of rotatable bonds is 6. The van der Waals surface area contributed by atoms with Gasteiger partial charge in [-0.05, 0) is 51.5 Å². The molecule has 1 aromatic carbocycles. The van der Waals surface area contributed by atoms with Crippen molar-refractivity contribution in [2.75, 3.05) is 11.9 Å². The van der Waals surface area contributed by atoms with Gasteiger partial charge in [0.15, 0.2) is 0 Å². The van der Waals surface area contributed by atoms with Gasteiger partial charge >= 0.3 is 0 Å². The molecule has 5 heteroatoms. The number of anilines is 1. The lowest BCUT2D eigenvalue weighted by molar-refractivity contribution is 0.317. The molecule has 0 aliphatic carbocycles. The van der Waals surface area contributed by atoms with E-state index in [4.69, 9.17) is 4.74 Å². The number of ether oxygens (including phenoxy) is 1. The van der Waals surface area contributed by atoms with Crippen molar-refractivity contribution in [3.8, 4) is 5.75 Å². The van der Waals surface area contributed by atoms with Crippen molar-refractivity contribution >= 4 is 5.69 Å². The van der Waals surface area contributed by atoms with Crippen LogP contribution >= 0.6 is 0 Å². The van der Waals surface area contributed by atoms with Gasteiger partial charge in [-0.25, -0.2) is 4.68 Å². The third-order valence-electron chi connectivity index (χ3n) is 3.03. The van der Waals surface area contributed by atoms with Gasteiger partial charge in [0.05, 0.1) is 24.9 Å². The molecule has 114 valence electrons. The van der Waals surface area contributed by atoms with E-state index in [2.05, 4.69) is 43.3 Å². The Balaban J connectivity index is 1.89. The third-order valence-corrected chi connectivity index (χ3v) is 3.03. The van der Waals surface area contributed by atoms with Crippen LogP contribution in [-0.2, 0) is 12.1 Å². The van der Waals surface area contributed by atoms with E-state index in [-0.39, 0.29) is 5.54 Å². The standard InChI is InChI=1S/C16H24N4O/c1-5-10-21-15-8-6-13(7-9-15)17-11-14-12-20(19-18-14)16(2,3)4/h6-9,12,17H,5,10-11H2,1-4H3. The fourth-order valence-corrected chi connectivity index (χ4v) is 1.79. The SMILES string of the molecule is CCCOc1ccc(NCc2cn(C(C)(C)C)nn2)cc1. The summed E-state index contributed by atoms with van der Waals surface area (Å²) in [6, 6.07) is 7.98. The van der Waals surface area contributed by atoms with Crippen molar-refractivity contribution in [3.05, 3.63) is 36.2 Å². The summed E-state index contributed by atoms with van der Waals surface area (Å²) in [5.41, 5.74) is 1.93. The van der Waals surface area contributed by atoms with E-state index in [0.29, 0.717) is 6.54 Å². The Morgan fingerprint density at radius 2 is 1.90 bits per heavy atom. The molecule has 1 aromatic heterocycles. The average molecular weight is 288 g/mol. The first-order chi connectivity index (χ1) is 9.99. The molecule has 0 spiro atoms. The van der Waals surface area contributed by atoms with E-state index in [0.717, 1.165) is 30.2 Å². The van der Waals surface area contributed by atoms with E-state index in [9.17, 15) is 0 Å². The highest BCUT2D eigenvalue weighted by Gasteiger charge is 2.14. The van der Waals surface area contributed by atoms with Crippen LogP contribution in [-0.4, -0.2) is 21.6 Å². The molecule has 0 aliphatic rings. The van der Waals surface area contributed by atoms with Gasteiger partial charge in [0.1, 0.15) is 11.4 Å². The first-order valence-corrected chi connectivity index (χ1v) is 7.37. The van der Waals surface area contributed by atoms with E-state index < -0.39 is 0 Å². The Morgan fingerprint density at radius 3 is 2.48 bits per heavy atom. The summed E-state index contributed by atoms with van der Waals surface area (Å²) < 4.78 is 7.44. The minimum atomic E-state index is -0.0382. The van der Waals surface area contributed by atoms with Gasteiger partial charge < -0.3 is 10.1 Å². The molecule has 1 N–H and O–H groups in total. The van der Waals surface area contributed by atoms with Crippen molar-refractivity contribution in [1.29, 1.82) is 0 Å². The molecule has 0 fully saturated rings. The molecule has 0 radical (unpaired) electrons. The Labute approximate surface area is 126 Å². The first kappa shape index (κ1) is 15.4. The molecule has 21 heavy (non-hydrogen) atoms. The molecule has 0 bridgehead atoms. The van der Waals surface area contributed by atoms with Gasteiger partial charge in [-0.1, -0.05) is 12.1 Å². The van der Waals surface area contributed by atoms with Gasteiger partial charge in [-0.15, -0.1) is 5.10 Å². The molecule has 0 atom stereocenters. The highest BCUT2D eigenvalue weighted by Crippen LogP contribution is 2.17. The van der Waals surface area contributed by atoms with Crippen molar-refractivity contribution in [1.82, 2.24) is 15.0 Å². The maximum absolute atomic E-state index is 5.56. The van der Waals surface area contributed by atoms with Crippen LogP contribution in [0.1, 0.15) is 39.8 Å². The second kappa shape index (κ2) is 6.61. The van der Waals surface area contributed by atoms with Gasteiger partial charge in [-0.3, -0.25) is 0 Å². The zero-order valence-electron chi connectivity index (χ0n) is 13.3. The first-order valence-electron chi connectivity index (χ1n) is 7.37. The zero-order chi connectivity index (χ0) is 15.3. The van der Waals surface area contributed by atoms with Crippen LogP contribution < -0.4 is 10.1 Å². The van der Waals surface area contributed by atoms with Gasteiger partial charge in [-0.2, -0.15) is 0 Å². The fourth-order valence-electron chi connectivity index (χ4n) is 1.79. The lowest BCUT2D eigenvalue weighted by Gasteiger charge is -2.17. The third kappa shape index (κ3) is 4.48. The number of nitrogens with zero attached hydrogens (tertiary/aromatic N) is 3. The number of aromatic nitrogens is 3. The topological polar surface area (TPSA) is 52.0 Å². The molecule has 1 heterocycles. The molecule has 0 saturated carbocycles. The van der Waals surface area contributed by atoms with Crippen LogP contribution in [0.4, 0.5) is 5.69 Å². The summed E-state index contributed by atoms with van der Waals surface area (Å²) >= 11 is 0. The van der Waals surface area contributed by atoms with Crippen LogP contribution in [0, 0.1) is 0 Å². The molecule has 2 aromatic rings. The predicted molar refractivity (Wildman–Crippen MR) is 84.6 cm³/mol. The summed E-state index contributed by atoms with van der Waals surface area (Å²) in [7, 11) is 0. The number of benzene rings is 1. The molecular weight excluding hydrogens is 264 g/mol. The summed E-state index contributed by atoms with van der Waals surface area (Å²) in [6.07, 6.45) is 3.00. The molecule has 5 nitrogen and oxygen atoms in total. The van der Waals surface area contributed by atoms with Crippen LogP contribution in [0.3, 0.4) is 0 Å². The van der Waals surface area contributed by atoms with E-state index >= 15 is 0 Å². The minimum absolute atomic E-state index is 0.0382. The second-order valence-corrected chi connectivity index (χ2v) is 6.05. The van der Waals surface area contributed by atoms with Crippen LogP contribution in [0.2, 0.25) is 0 Å². The Morgan fingerprint density at radius 1 is 1.19 bits per heavy atom. The highest BCUT2D eigenvalue weighted by molar-refractivity contribution is 5.46. The number of nitrogens with one attached hydrogen (secondary N) is 1. The summed E-state index contributed by atoms with van der Waals surface area (Å²) in [5, 5.41) is 11.7. The molecule has 2 rings (SSSR count). The molecule has 0 unspecified atom stereocenters. The summed E-state index contributed by atoms with van der Waals surface area (Å²) in [5.74, 6) is 0.904. The Bertz CT molecular complexity index is 554. The number of hydrogen-bond donors (Lipinski definition) is 1. The zero-order valence-corrected chi connectivity index (χ0v) is 13.3. The van der Waals surface area contributed by atoms with Crippen molar-refractivity contribution in [2.45, 2.75) is 46.2 Å². The molecular formula is C16H24N4O. The van der Waals surface area contributed by atoms with Gasteiger partial charge in [0.2, 0.25) is 0 Å². The Kier molecular flexibility index (Phi) is 4.83. The largest absolute Gasteiger partial charge is 0.494 e. The van der Waals surface area contributed by atoms with Gasteiger partial charge in [0, 0.05) is 5.69 Å². The van der Waals surface area contributed by atoms with E-state index in [1.807, 2.05) is 35.1 Å². The minimum Gasteiger partial charge on any atom is -0.494 e. The highest BCUT2D eigenvalue weighted by atomic mass is 16.5. The summed E-state index contributed by atoms with van der Waals surface area (Å²) in [6.45, 7) is 9.82. The van der Waals surface area contributed by atoms with E-state index in [1.54, 1.807) is 0 Å². The van der Waals surface area contributed by atoms with E-state index in [1.165, 1.54) is 0 Å². The van der Waals surface area contributed by atoms with Crippen molar-refractivity contribution in [2.24, 2.45) is 0 Å². The van der Waals surface area contributed by atoms with Crippen molar-refractivity contribution in [3.63, 3.8) is 0 Å². The lowest BCUT2D eigenvalue weighted by Crippen LogP contribution is -2.22. The van der Waals surface area contributed by atoms with Crippen LogP contribution in [0.15, 0.2) is 30.5 Å². The monoisotopic (exact) mass is 288 g/mol. The second-order valence-electron chi connectivity index (χ2n) is 6.05. The molecule has 0 aliphatic heterocycles. The predicted octanol–water partition coefficient (Wildman–Crippen LogP) is 3.43. The maximum atomic E-state index is 5.56. The van der Waals surface area contributed by atoms with Crippen molar-refractivity contribution < 1.29 is 4.74 Å². The lowest BCUT2D eigenvalue weighted by atomic mass is 10.1. The fraction of sp³-hybridized carbons (Fsp3) is 0.500. The molecule has 0 amide bonds.